The van der Waals surface area contributed by atoms with Crippen LogP contribution in [0.4, 0.5) is 4.79 Å². The van der Waals surface area contributed by atoms with E-state index in [2.05, 4.69) is 24.9 Å². The minimum atomic E-state index is -1.19. The summed E-state index contributed by atoms with van der Waals surface area (Å²) in [6, 6.07) is 6.28. The van der Waals surface area contributed by atoms with Crippen LogP contribution in [0.2, 0.25) is 0 Å². The zero-order valence-corrected chi connectivity index (χ0v) is 16.5. The van der Waals surface area contributed by atoms with E-state index in [1.54, 1.807) is 6.07 Å². The number of rotatable bonds is 4. The fraction of sp³-hybridized carbons (Fsp3) is 0.571. The second kappa shape index (κ2) is 8.31. The Bertz CT molecular complexity index is 765. The van der Waals surface area contributed by atoms with E-state index in [1.165, 1.54) is 6.42 Å². The Hall–Kier alpha value is -2.41. The van der Waals surface area contributed by atoms with Crippen molar-refractivity contribution in [3.8, 4) is 5.75 Å². The van der Waals surface area contributed by atoms with Crippen LogP contribution in [-0.4, -0.2) is 59.1 Å². The Kier molecular flexibility index (Phi) is 6.03. The first kappa shape index (κ1) is 20.3. The molecule has 7 nitrogen and oxygen atoms in total. The summed E-state index contributed by atoms with van der Waals surface area (Å²) in [6.07, 6.45) is 3.59. The molecule has 1 aromatic carbocycles. The highest BCUT2D eigenvalue weighted by Crippen LogP contribution is 2.37. The molecule has 2 saturated heterocycles. The molecule has 0 saturated carbocycles. The maximum absolute atomic E-state index is 12.5. The summed E-state index contributed by atoms with van der Waals surface area (Å²) in [5, 5.41) is 9.24. The molecular formula is C21H28N2O5. The smallest absolute Gasteiger partial charge is 0.422 e. The lowest BCUT2D eigenvalue weighted by Crippen LogP contribution is -2.44. The summed E-state index contributed by atoms with van der Waals surface area (Å²) in [7, 11) is 2.13. The van der Waals surface area contributed by atoms with Gasteiger partial charge in [0, 0.05) is 18.4 Å². The highest BCUT2D eigenvalue weighted by molar-refractivity contribution is 5.99. The topological polar surface area (TPSA) is 87.1 Å². The molecule has 0 radical (unpaired) electrons. The summed E-state index contributed by atoms with van der Waals surface area (Å²) in [5.41, 5.74) is 1.09. The Labute approximate surface area is 165 Å². The fourth-order valence-corrected chi connectivity index (χ4v) is 4.43. The van der Waals surface area contributed by atoms with Crippen molar-refractivity contribution in [2.24, 2.45) is 0 Å². The molecule has 2 unspecified atom stereocenters. The molecule has 3 rings (SSSR count). The number of amides is 2. The molecule has 2 fully saturated rings. The van der Waals surface area contributed by atoms with E-state index in [0.29, 0.717) is 5.75 Å². The van der Waals surface area contributed by atoms with E-state index in [0.717, 1.165) is 42.8 Å². The molecule has 1 aromatic rings. The molecule has 2 aliphatic rings. The van der Waals surface area contributed by atoms with Gasteiger partial charge >= 0.3 is 12.1 Å². The van der Waals surface area contributed by atoms with Crippen LogP contribution in [0.25, 0.3) is 0 Å². The van der Waals surface area contributed by atoms with E-state index in [4.69, 9.17) is 4.74 Å². The van der Waals surface area contributed by atoms with Crippen molar-refractivity contribution < 1.29 is 24.2 Å². The standard InChI is InChI=1S/C21H28N2O5/c1-3-21(11-4-5-12-22(2)14-21)15-7-6-8-16(13-15)28-20(27)23-17(19(25)26)9-10-18(23)24/h6-8,13,17H,3-5,9-12,14H2,1-2H3,(H,25,26). The molecule has 0 aromatic heterocycles. The second-order valence-electron chi connectivity index (χ2n) is 7.88. The number of hydrogen-bond acceptors (Lipinski definition) is 5. The van der Waals surface area contributed by atoms with E-state index in [-0.39, 0.29) is 18.3 Å². The molecular weight excluding hydrogens is 360 g/mol. The normalized spacial score (nSPS) is 26.1. The first-order valence-corrected chi connectivity index (χ1v) is 9.92. The number of ether oxygens (including phenoxy) is 1. The van der Waals surface area contributed by atoms with Gasteiger partial charge in [0.05, 0.1) is 0 Å². The molecule has 152 valence electrons. The van der Waals surface area contributed by atoms with Gasteiger partial charge in [-0.2, -0.15) is 0 Å². The molecule has 0 aliphatic carbocycles. The van der Waals surface area contributed by atoms with E-state index < -0.39 is 24.0 Å². The van der Waals surface area contributed by atoms with Crippen LogP contribution in [0.5, 0.6) is 5.75 Å². The van der Waals surface area contributed by atoms with Crippen molar-refractivity contribution in [2.75, 3.05) is 20.1 Å². The number of carboxylic acids is 1. The van der Waals surface area contributed by atoms with Gasteiger partial charge in [0.25, 0.3) is 0 Å². The van der Waals surface area contributed by atoms with E-state index >= 15 is 0 Å². The third-order valence-corrected chi connectivity index (χ3v) is 6.04. The number of carboxylic acid groups (broad SMARTS) is 1. The molecule has 0 spiro atoms. The molecule has 7 heteroatoms. The number of nitrogens with zero attached hydrogens (tertiary/aromatic N) is 2. The van der Waals surface area contributed by atoms with Crippen molar-refractivity contribution in [3.63, 3.8) is 0 Å². The number of hydrogen-bond donors (Lipinski definition) is 1. The van der Waals surface area contributed by atoms with Gasteiger partial charge in [-0.1, -0.05) is 25.5 Å². The fourth-order valence-electron chi connectivity index (χ4n) is 4.43. The number of likely N-dealkylation sites (N-methyl/N-ethyl adjacent to an activating group) is 1. The molecule has 28 heavy (non-hydrogen) atoms. The first-order chi connectivity index (χ1) is 13.4. The average Bonchev–Trinajstić information content (AvgIpc) is 2.95. The van der Waals surface area contributed by atoms with Gasteiger partial charge in [0.1, 0.15) is 11.8 Å². The van der Waals surface area contributed by atoms with E-state index in [9.17, 15) is 19.5 Å². The first-order valence-electron chi connectivity index (χ1n) is 9.92. The van der Waals surface area contributed by atoms with Crippen molar-refractivity contribution in [1.82, 2.24) is 9.80 Å². The lowest BCUT2D eigenvalue weighted by Gasteiger charge is -2.35. The van der Waals surface area contributed by atoms with Crippen LogP contribution in [0.1, 0.15) is 51.0 Å². The Balaban J connectivity index is 1.82. The number of aliphatic carboxylic acids is 1. The van der Waals surface area contributed by atoms with Crippen molar-refractivity contribution >= 4 is 18.0 Å². The third-order valence-electron chi connectivity index (χ3n) is 6.04. The highest BCUT2D eigenvalue weighted by Gasteiger charge is 2.41. The van der Waals surface area contributed by atoms with Gasteiger partial charge in [-0.25, -0.2) is 14.5 Å². The number of benzene rings is 1. The predicted octanol–water partition coefficient (Wildman–Crippen LogP) is 3.02. The molecule has 2 amide bonds. The third kappa shape index (κ3) is 4.04. The van der Waals surface area contributed by atoms with Crippen LogP contribution in [0, 0.1) is 0 Å². The quantitative estimate of drug-likeness (QED) is 0.853. The van der Waals surface area contributed by atoms with Crippen LogP contribution in [0.15, 0.2) is 24.3 Å². The SMILES string of the molecule is CCC1(c2cccc(OC(=O)N3C(=O)CCC3C(=O)O)c2)CCCCN(C)C1. The summed E-state index contributed by atoms with van der Waals surface area (Å²) < 4.78 is 5.42. The average molecular weight is 388 g/mol. The lowest BCUT2D eigenvalue weighted by molar-refractivity contribution is -0.144. The van der Waals surface area contributed by atoms with Gasteiger partial charge in [-0.3, -0.25) is 4.79 Å². The lowest BCUT2D eigenvalue weighted by atomic mass is 9.74. The van der Waals surface area contributed by atoms with Crippen LogP contribution >= 0.6 is 0 Å². The van der Waals surface area contributed by atoms with Crippen molar-refractivity contribution in [3.05, 3.63) is 29.8 Å². The van der Waals surface area contributed by atoms with Crippen LogP contribution in [-0.2, 0) is 15.0 Å². The largest absolute Gasteiger partial charge is 0.480 e. The molecule has 2 atom stereocenters. The summed E-state index contributed by atoms with van der Waals surface area (Å²) in [4.78, 5) is 38.8. The Morgan fingerprint density at radius 2 is 2.11 bits per heavy atom. The van der Waals surface area contributed by atoms with E-state index in [1.807, 2.05) is 12.1 Å². The molecule has 1 N–H and O–H groups in total. The Morgan fingerprint density at radius 1 is 1.32 bits per heavy atom. The number of carbonyl (C=O) groups excluding carboxylic acids is 2. The van der Waals surface area contributed by atoms with Gasteiger partial charge < -0.3 is 14.7 Å². The minimum Gasteiger partial charge on any atom is -0.480 e. The Morgan fingerprint density at radius 3 is 2.82 bits per heavy atom. The molecule has 0 bridgehead atoms. The number of imide groups is 1. The molecule has 2 heterocycles. The predicted molar refractivity (Wildman–Crippen MR) is 103 cm³/mol. The maximum Gasteiger partial charge on any atom is 0.422 e. The van der Waals surface area contributed by atoms with Crippen LogP contribution < -0.4 is 4.74 Å². The number of likely N-dealkylation sites (tertiary alicyclic amines) is 2. The van der Waals surface area contributed by atoms with Gasteiger partial charge in [-0.15, -0.1) is 0 Å². The van der Waals surface area contributed by atoms with Crippen LogP contribution in [0.3, 0.4) is 0 Å². The highest BCUT2D eigenvalue weighted by atomic mass is 16.6. The van der Waals surface area contributed by atoms with Crippen molar-refractivity contribution in [1.29, 1.82) is 0 Å². The minimum absolute atomic E-state index is 0.0132. The maximum atomic E-state index is 12.5. The second-order valence-corrected chi connectivity index (χ2v) is 7.88. The molecule has 2 aliphatic heterocycles. The van der Waals surface area contributed by atoms with Crippen molar-refractivity contribution in [2.45, 2.75) is 56.9 Å². The zero-order chi connectivity index (χ0) is 20.3. The van der Waals surface area contributed by atoms with Gasteiger partial charge in [0.2, 0.25) is 5.91 Å². The summed E-state index contributed by atoms with van der Waals surface area (Å²) in [5.74, 6) is -1.36. The zero-order valence-electron chi connectivity index (χ0n) is 16.5. The van der Waals surface area contributed by atoms with Gasteiger partial charge in [0.15, 0.2) is 0 Å². The summed E-state index contributed by atoms with van der Waals surface area (Å²) in [6.45, 7) is 4.19. The summed E-state index contributed by atoms with van der Waals surface area (Å²) >= 11 is 0. The number of carbonyl (C=O) groups is 3. The monoisotopic (exact) mass is 388 g/mol. The van der Waals surface area contributed by atoms with Gasteiger partial charge in [-0.05, 0) is 57.0 Å².